The third-order valence-corrected chi connectivity index (χ3v) is 3.50. The molecule has 1 aliphatic carbocycles. The Kier molecular flexibility index (Phi) is 6.60. The normalized spacial score (nSPS) is 15.2. The highest BCUT2D eigenvalue weighted by Gasteiger charge is 2.18. The van der Waals surface area contributed by atoms with Gasteiger partial charge in [0, 0.05) is 25.4 Å². The van der Waals surface area contributed by atoms with Crippen molar-refractivity contribution in [1.82, 2.24) is 4.90 Å². The van der Waals surface area contributed by atoms with Crippen molar-refractivity contribution in [3.8, 4) is 0 Å². The Morgan fingerprint density at radius 3 is 2.63 bits per heavy atom. The fraction of sp³-hybridized carbons (Fsp3) is 0.733. The lowest BCUT2D eigenvalue weighted by atomic mass is 9.96. The number of rotatable bonds is 7. The summed E-state index contributed by atoms with van der Waals surface area (Å²) in [5, 5.41) is 8.65. The molecule has 0 spiro atoms. The maximum Gasteiger partial charge on any atom is 0.303 e. The van der Waals surface area contributed by atoms with E-state index in [-0.39, 0.29) is 18.4 Å². The van der Waals surface area contributed by atoms with Crippen molar-refractivity contribution in [2.45, 2.75) is 64.8 Å². The van der Waals surface area contributed by atoms with Gasteiger partial charge in [0.05, 0.1) is 0 Å². The molecule has 0 aromatic rings. The zero-order chi connectivity index (χ0) is 14.3. The van der Waals surface area contributed by atoms with Gasteiger partial charge in [-0.15, -0.1) is 0 Å². The molecule has 0 aliphatic heterocycles. The molecule has 0 unspecified atom stereocenters. The highest BCUT2D eigenvalue weighted by atomic mass is 16.4. The fourth-order valence-corrected chi connectivity index (χ4v) is 2.43. The fourth-order valence-electron chi connectivity index (χ4n) is 2.43. The van der Waals surface area contributed by atoms with Gasteiger partial charge in [-0.05, 0) is 46.0 Å². The van der Waals surface area contributed by atoms with E-state index >= 15 is 0 Å². The van der Waals surface area contributed by atoms with Crippen LogP contribution in [0, 0.1) is 0 Å². The first kappa shape index (κ1) is 15.7. The smallest absolute Gasteiger partial charge is 0.303 e. The van der Waals surface area contributed by atoms with E-state index in [0.29, 0.717) is 19.4 Å². The number of hydrogen-bond acceptors (Lipinski definition) is 2. The van der Waals surface area contributed by atoms with Gasteiger partial charge in [0.2, 0.25) is 5.91 Å². The first-order valence-electron chi connectivity index (χ1n) is 7.20. The van der Waals surface area contributed by atoms with Gasteiger partial charge in [0.1, 0.15) is 0 Å². The van der Waals surface area contributed by atoms with Crippen LogP contribution < -0.4 is 0 Å². The second-order valence-electron chi connectivity index (χ2n) is 5.46. The van der Waals surface area contributed by atoms with E-state index in [9.17, 15) is 9.59 Å². The molecule has 0 aromatic carbocycles. The molecule has 0 heterocycles. The summed E-state index contributed by atoms with van der Waals surface area (Å²) in [6.07, 6.45) is 7.88. The number of carbonyl (C=O) groups is 2. The Hall–Kier alpha value is -1.32. The predicted molar refractivity (Wildman–Crippen MR) is 74.9 cm³/mol. The number of amides is 1. The molecule has 0 atom stereocenters. The predicted octanol–water partition coefficient (Wildman–Crippen LogP) is 2.98. The van der Waals surface area contributed by atoms with E-state index in [1.54, 1.807) is 4.90 Å². The summed E-state index contributed by atoms with van der Waals surface area (Å²) in [4.78, 5) is 24.6. The number of carbonyl (C=O) groups excluding carboxylic acids is 1. The number of allylic oxidation sites excluding steroid dienone is 1. The number of nitrogens with zero attached hydrogens (tertiary/aromatic N) is 1. The molecule has 0 saturated carbocycles. The number of aliphatic carboxylic acids is 1. The van der Waals surface area contributed by atoms with Crippen LogP contribution in [0.2, 0.25) is 0 Å². The maximum absolute atomic E-state index is 12.3. The van der Waals surface area contributed by atoms with Crippen LogP contribution in [0.15, 0.2) is 11.6 Å². The zero-order valence-corrected chi connectivity index (χ0v) is 12.0. The van der Waals surface area contributed by atoms with Gasteiger partial charge in [-0.1, -0.05) is 11.6 Å². The number of carboxylic acid groups (broad SMARTS) is 1. The van der Waals surface area contributed by atoms with Gasteiger partial charge in [0.15, 0.2) is 0 Å². The molecule has 0 radical (unpaired) electrons. The minimum atomic E-state index is -0.800. The quantitative estimate of drug-likeness (QED) is 0.721. The molecule has 0 bridgehead atoms. The Balaban J connectivity index is 2.47. The van der Waals surface area contributed by atoms with Gasteiger partial charge in [0.25, 0.3) is 0 Å². The van der Waals surface area contributed by atoms with Gasteiger partial charge < -0.3 is 10.0 Å². The summed E-state index contributed by atoms with van der Waals surface area (Å²) in [6, 6.07) is 0.130. The lowest BCUT2D eigenvalue weighted by Gasteiger charge is -2.27. The molecule has 1 amide bonds. The zero-order valence-electron chi connectivity index (χ0n) is 12.0. The van der Waals surface area contributed by atoms with Crippen molar-refractivity contribution in [3.05, 3.63) is 11.6 Å². The number of carboxylic acids is 1. The molecule has 1 rings (SSSR count). The monoisotopic (exact) mass is 267 g/mol. The van der Waals surface area contributed by atoms with Crippen LogP contribution in [0.3, 0.4) is 0 Å². The minimum Gasteiger partial charge on any atom is -0.481 e. The third kappa shape index (κ3) is 5.90. The molecule has 4 nitrogen and oxygen atoms in total. The maximum atomic E-state index is 12.3. The first-order valence-corrected chi connectivity index (χ1v) is 7.20. The molecule has 1 aliphatic rings. The number of hydrogen-bond donors (Lipinski definition) is 1. The second kappa shape index (κ2) is 7.97. The standard InChI is InChI=1S/C15H25NO3/c1-12(2)16(10-6-9-15(18)19)14(17)11-13-7-4-3-5-8-13/h7,12H,3-6,8-11H2,1-2H3,(H,18,19). The Morgan fingerprint density at radius 2 is 2.11 bits per heavy atom. The van der Waals surface area contributed by atoms with Crippen LogP contribution in [-0.4, -0.2) is 34.5 Å². The first-order chi connectivity index (χ1) is 9.00. The topological polar surface area (TPSA) is 57.6 Å². The molecule has 1 N–H and O–H groups in total. The van der Waals surface area contributed by atoms with E-state index < -0.39 is 5.97 Å². The molecule has 108 valence electrons. The van der Waals surface area contributed by atoms with Crippen molar-refractivity contribution in [2.75, 3.05) is 6.54 Å². The molecular weight excluding hydrogens is 242 g/mol. The average molecular weight is 267 g/mol. The van der Waals surface area contributed by atoms with Crippen molar-refractivity contribution < 1.29 is 14.7 Å². The van der Waals surface area contributed by atoms with Gasteiger partial charge in [-0.3, -0.25) is 9.59 Å². The summed E-state index contributed by atoms with van der Waals surface area (Å²) in [7, 11) is 0. The van der Waals surface area contributed by atoms with Gasteiger partial charge in [-0.25, -0.2) is 0 Å². The van der Waals surface area contributed by atoms with Crippen LogP contribution in [0.1, 0.15) is 58.8 Å². The molecule has 0 fully saturated rings. The summed E-state index contributed by atoms with van der Waals surface area (Å²) in [5.41, 5.74) is 1.25. The average Bonchev–Trinajstić information content (AvgIpc) is 2.35. The Bertz CT molecular complexity index is 347. The van der Waals surface area contributed by atoms with E-state index in [2.05, 4.69) is 6.08 Å². The SMILES string of the molecule is CC(C)N(CCCC(=O)O)C(=O)CC1=CCCCC1. The van der Waals surface area contributed by atoms with Crippen LogP contribution in [0.4, 0.5) is 0 Å². The summed E-state index contributed by atoms with van der Waals surface area (Å²) in [6.45, 7) is 4.50. The second-order valence-corrected chi connectivity index (χ2v) is 5.46. The van der Waals surface area contributed by atoms with E-state index in [4.69, 9.17) is 5.11 Å². The summed E-state index contributed by atoms with van der Waals surface area (Å²) >= 11 is 0. The molecule has 0 aromatic heterocycles. The molecular formula is C15H25NO3. The Labute approximate surface area is 115 Å². The van der Waals surface area contributed by atoms with Crippen LogP contribution in [0.5, 0.6) is 0 Å². The molecule has 0 saturated heterocycles. The highest BCUT2D eigenvalue weighted by Crippen LogP contribution is 2.21. The lowest BCUT2D eigenvalue weighted by Crippen LogP contribution is -2.38. The van der Waals surface area contributed by atoms with Gasteiger partial charge >= 0.3 is 5.97 Å². The summed E-state index contributed by atoms with van der Waals surface area (Å²) in [5.74, 6) is -0.667. The third-order valence-electron chi connectivity index (χ3n) is 3.50. The molecule has 4 heteroatoms. The van der Waals surface area contributed by atoms with Crippen molar-refractivity contribution in [3.63, 3.8) is 0 Å². The van der Waals surface area contributed by atoms with E-state index in [1.165, 1.54) is 18.4 Å². The van der Waals surface area contributed by atoms with Crippen LogP contribution >= 0.6 is 0 Å². The largest absolute Gasteiger partial charge is 0.481 e. The van der Waals surface area contributed by atoms with Crippen molar-refractivity contribution in [1.29, 1.82) is 0 Å². The van der Waals surface area contributed by atoms with E-state index in [0.717, 1.165) is 12.8 Å². The lowest BCUT2D eigenvalue weighted by molar-refractivity contribution is -0.138. The van der Waals surface area contributed by atoms with E-state index in [1.807, 2.05) is 13.8 Å². The Morgan fingerprint density at radius 1 is 1.37 bits per heavy atom. The van der Waals surface area contributed by atoms with Gasteiger partial charge in [-0.2, -0.15) is 0 Å². The molecule has 19 heavy (non-hydrogen) atoms. The minimum absolute atomic E-state index is 0.124. The van der Waals surface area contributed by atoms with Crippen LogP contribution in [0.25, 0.3) is 0 Å². The van der Waals surface area contributed by atoms with Crippen molar-refractivity contribution in [2.24, 2.45) is 0 Å². The highest BCUT2D eigenvalue weighted by molar-refractivity contribution is 5.79. The van der Waals surface area contributed by atoms with Crippen molar-refractivity contribution >= 4 is 11.9 Å². The summed E-state index contributed by atoms with van der Waals surface area (Å²) < 4.78 is 0. The van der Waals surface area contributed by atoms with Crippen LogP contribution in [-0.2, 0) is 9.59 Å².